The summed E-state index contributed by atoms with van der Waals surface area (Å²) in [5.41, 5.74) is 12.2. The second kappa shape index (κ2) is 9.48. The van der Waals surface area contributed by atoms with E-state index in [1.54, 1.807) is 0 Å². The summed E-state index contributed by atoms with van der Waals surface area (Å²) in [6.07, 6.45) is 2.31. The highest BCUT2D eigenvalue weighted by molar-refractivity contribution is 5.94. The molecule has 0 spiro atoms. The summed E-state index contributed by atoms with van der Waals surface area (Å²) >= 11 is 0. The molecule has 22 heavy (non-hydrogen) atoms. The molecule has 1 aromatic carbocycles. The minimum absolute atomic E-state index is 0. The Bertz CT molecular complexity index is 518. The van der Waals surface area contributed by atoms with Gasteiger partial charge in [0.2, 0.25) is 5.96 Å². The fourth-order valence-corrected chi connectivity index (χ4v) is 2.26. The van der Waals surface area contributed by atoms with Crippen molar-refractivity contribution < 1.29 is 4.39 Å². The highest BCUT2D eigenvalue weighted by Gasteiger charge is 2.17. The zero-order chi connectivity index (χ0) is 14.5. The number of rotatable bonds is 1. The number of piperidine rings is 1. The molecule has 4 N–H and O–H groups in total. The number of halogens is 3. The van der Waals surface area contributed by atoms with E-state index in [-0.39, 0.29) is 36.6 Å². The third-order valence-electron chi connectivity index (χ3n) is 3.28. The first-order valence-corrected chi connectivity index (χ1v) is 6.73. The lowest BCUT2D eigenvalue weighted by Gasteiger charge is -2.31. The Hall–Kier alpha value is -1.53. The van der Waals surface area contributed by atoms with Crippen molar-refractivity contribution in [3.63, 3.8) is 0 Å². The first kappa shape index (κ1) is 20.5. The fourth-order valence-electron chi connectivity index (χ4n) is 2.26. The van der Waals surface area contributed by atoms with E-state index >= 15 is 0 Å². The summed E-state index contributed by atoms with van der Waals surface area (Å²) in [5.74, 6) is 0.757. The average Bonchev–Trinajstić information content (AvgIpc) is 2.41. The molecule has 0 radical (unpaired) electrons. The number of aliphatic imine (C=N–C) groups is 2. The Labute approximate surface area is 142 Å². The Morgan fingerprint density at radius 2 is 1.86 bits per heavy atom. The molecular formula is C14H22Cl2FN5. The minimum atomic E-state index is -0.312. The van der Waals surface area contributed by atoms with Gasteiger partial charge in [0, 0.05) is 13.1 Å². The third-order valence-corrected chi connectivity index (χ3v) is 3.28. The topological polar surface area (TPSA) is 80.0 Å². The molecule has 1 heterocycles. The molecule has 0 bridgehead atoms. The Morgan fingerprint density at radius 1 is 1.23 bits per heavy atom. The lowest BCUT2D eigenvalue weighted by Crippen LogP contribution is -2.44. The SMILES string of the molecule is CC1CCCN(/C(N)=N\C(N)=Nc2ccc(F)cc2)C1.Cl.Cl. The summed E-state index contributed by atoms with van der Waals surface area (Å²) in [5, 5.41) is 0. The van der Waals surface area contributed by atoms with Gasteiger partial charge < -0.3 is 16.4 Å². The van der Waals surface area contributed by atoms with Crippen LogP contribution in [0.5, 0.6) is 0 Å². The van der Waals surface area contributed by atoms with Gasteiger partial charge in [-0.15, -0.1) is 24.8 Å². The van der Waals surface area contributed by atoms with Gasteiger partial charge in [0.25, 0.3) is 0 Å². The van der Waals surface area contributed by atoms with E-state index in [1.165, 1.54) is 30.7 Å². The number of hydrogen-bond donors (Lipinski definition) is 2. The molecule has 1 aliphatic rings. The smallest absolute Gasteiger partial charge is 0.223 e. The zero-order valence-electron chi connectivity index (χ0n) is 12.4. The van der Waals surface area contributed by atoms with Crippen LogP contribution in [0.25, 0.3) is 0 Å². The number of nitrogens with two attached hydrogens (primary N) is 2. The molecule has 1 unspecified atom stereocenters. The Morgan fingerprint density at radius 3 is 2.45 bits per heavy atom. The molecule has 0 saturated carbocycles. The molecule has 1 atom stereocenters. The molecule has 2 rings (SSSR count). The first-order chi connectivity index (χ1) is 9.54. The van der Waals surface area contributed by atoms with Crippen molar-refractivity contribution in [2.24, 2.45) is 27.4 Å². The van der Waals surface area contributed by atoms with Crippen LogP contribution in [0.3, 0.4) is 0 Å². The number of nitrogens with zero attached hydrogens (tertiary/aromatic N) is 3. The van der Waals surface area contributed by atoms with Crippen molar-refractivity contribution in [1.29, 1.82) is 0 Å². The van der Waals surface area contributed by atoms with Gasteiger partial charge in [-0.1, -0.05) is 6.92 Å². The van der Waals surface area contributed by atoms with Crippen molar-refractivity contribution in [3.8, 4) is 0 Å². The quantitative estimate of drug-likeness (QED) is 0.604. The molecule has 124 valence electrons. The standard InChI is InChI=1S/C14H20FN5.2ClH/c1-10-3-2-8-20(9-10)14(17)19-13(16)18-12-6-4-11(15)5-7-12;;/h4-7,10H,2-3,8-9H2,1H3,(H4,16,17,18,19);2*1H. The molecule has 8 heteroatoms. The first-order valence-electron chi connectivity index (χ1n) is 6.73. The van der Waals surface area contributed by atoms with Crippen molar-refractivity contribution in [2.75, 3.05) is 13.1 Å². The lowest BCUT2D eigenvalue weighted by atomic mass is 10.0. The second-order valence-corrected chi connectivity index (χ2v) is 5.11. The van der Waals surface area contributed by atoms with E-state index in [4.69, 9.17) is 11.5 Å². The van der Waals surface area contributed by atoms with Gasteiger partial charge in [0.1, 0.15) is 5.82 Å². The lowest BCUT2D eigenvalue weighted by molar-refractivity contribution is 0.271. The van der Waals surface area contributed by atoms with Crippen LogP contribution in [0.2, 0.25) is 0 Å². The average molecular weight is 350 g/mol. The van der Waals surface area contributed by atoms with Crippen LogP contribution in [-0.4, -0.2) is 29.9 Å². The van der Waals surface area contributed by atoms with Gasteiger partial charge in [-0.2, -0.15) is 4.99 Å². The molecule has 1 fully saturated rings. The van der Waals surface area contributed by atoms with Crippen LogP contribution in [0.1, 0.15) is 19.8 Å². The van der Waals surface area contributed by atoms with Gasteiger partial charge >= 0.3 is 0 Å². The number of hydrogen-bond acceptors (Lipinski definition) is 1. The van der Waals surface area contributed by atoms with Crippen molar-refractivity contribution in [1.82, 2.24) is 4.90 Å². The van der Waals surface area contributed by atoms with Gasteiger partial charge in [0.15, 0.2) is 5.96 Å². The van der Waals surface area contributed by atoms with Crippen molar-refractivity contribution >= 4 is 42.4 Å². The maximum absolute atomic E-state index is 12.8. The summed E-state index contributed by atoms with van der Waals surface area (Å²) in [6, 6.07) is 5.73. The molecule has 1 saturated heterocycles. The number of benzene rings is 1. The summed E-state index contributed by atoms with van der Waals surface area (Å²) in [6.45, 7) is 3.97. The van der Waals surface area contributed by atoms with E-state index in [2.05, 4.69) is 16.9 Å². The van der Waals surface area contributed by atoms with E-state index < -0.39 is 0 Å². The monoisotopic (exact) mass is 349 g/mol. The van der Waals surface area contributed by atoms with Gasteiger partial charge in [-0.05, 0) is 43.0 Å². The zero-order valence-corrected chi connectivity index (χ0v) is 14.0. The van der Waals surface area contributed by atoms with Crippen LogP contribution in [0.4, 0.5) is 10.1 Å². The largest absolute Gasteiger partial charge is 0.369 e. The Kier molecular flexibility index (Phi) is 8.82. The van der Waals surface area contributed by atoms with E-state index in [0.717, 1.165) is 19.5 Å². The summed E-state index contributed by atoms with van der Waals surface area (Å²) in [4.78, 5) is 10.2. The molecule has 0 amide bonds. The van der Waals surface area contributed by atoms with Gasteiger partial charge in [-0.25, -0.2) is 9.38 Å². The van der Waals surface area contributed by atoms with Crippen molar-refractivity contribution in [3.05, 3.63) is 30.1 Å². The molecule has 0 aliphatic carbocycles. The Balaban J connectivity index is 0.00000220. The maximum Gasteiger partial charge on any atom is 0.223 e. The van der Waals surface area contributed by atoms with E-state index in [1.807, 2.05) is 4.90 Å². The predicted octanol–water partition coefficient (Wildman–Crippen LogP) is 2.66. The highest BCUT2D eigenvalue weighted by atomic mass is 35.5. The summed E-state index contributed by atoms with van der Waals surface area (Å²) in [7, 11) is 0. The summed E-state index contributed by atoms with van der Waals surface area (Å²) < 4.78 is 12.8. The van der Waals surface area contributed by atoms with E-state index in [0.29, 0.717) is 17.6 Å². The van der Waals surface area contributed by atoms with Crippen LogP contribution in [0.15, 0.2) is 34.3 Å². The highest BCUT2D eigenvalue weighted by Crippen LogP contribution is 2.15. The van der Waals surface area contributed by atoms with Crippen molar-refractivity contribution in [2.45, 2.75) is 19.8 Å². The molecule has 0 aromatic heterocycles. The molecule has 1 aromatic rings. The fraction of sp³-hybridized carbons (Fsp3) is 0.429. The van der Waals surface area contributed by atoms with Crippen LogP contribution >= 0.6 is 24.8 Å². The van der Waals surface area contributed by atoms with Gasteiger partial charge in [0.05, 0.1) is 5.69 Å². The number of guanidine groups is 2. The predicted molar refractivity (Wildman–Crippen MR) is 93.8 cm³/mol. The molecular weight excluding hydrogens is 328 g/mol. The normalized spacial score (nSPS) is 19.2. The number of likely N-dealkylation sites (tertiary alicyclic amines) is 1. The van der Waals surface area contributed by atoms with Crippen LogP contribution < -0.4 is 11.5 Å². The van der Waals surface area contributed by atoms with Gasteiger partial charge in [-0.3, -0.25) is 0 Å². The van der Waals surface area contributed by atoms with Crippen LogP contribution in [0, 0.1) is 11.7 Å². The minimum Gasteiger partial charge on any atom is -0.369 e. The van der Waals surface area contributed by atoms with E-state index in [9.17, 15) is 4.39 Å². The third kappa shape index (κ3) is 6.07. The molecule has 5 nitrogen and oxygen atoms in total. The van der Waals surface area contributed by atoms with Crippen LogP contribution in [-0.2, 0) is 0 Å². The second-order valence-electron chi connectivity index (χ2n) is 5.11. The maximum atomic E-state index is 12.8. The molecule has 1 aliphatic heterocycles.